The highest BCUT2D eigenvalue weighted by Gasteiger charge is 2.16. The van der Waals surface area contributed by atoms with Crippen LogP contribution in [-0.2, 0) is 6.54 Å². The molecule has 1 heterocycles. The van der Waals surface area contributed by atoms with E-state index in [0.29, 0.717) is 6.04 Å². The van der Waals surface area contributed by atoms with Gasteiger partial charge in [-0.2, -0.15) is 0 Å². The molecule has 5 heteroatoms. The molecular formula is C19H33N3S2. The standard InChI is InChI=1S/C19H33N3S2/c1-21(2)13-9-14-22(16-18-12-8-15-24-18)19(23)20-17-10-6-4-3-5-7-11-17/h8,12,15,17H,3-7,9-11,13-14,16H2,1-2H3,(H,20,23). The van der Waals surface area contributed by atoms with Crippen LogP contribution in [0, 0.1) is 0 Å². The summed E-state index contributed by atoms with van der Waals surface area (Å²) in [6, 6.07) is 4.91. The average Bonchev–Trinajstić information content (AvgIpc) is 3.01. The quantitative estimate of drug-likeness (QED) is 0.716. The molecule has 0 bridgehead atoms. The van der Waals surface area contributed by atoms with Gasteiger partial charge in [0.2, 0.25) is 0 Å². The number of thiocarbonyl (C=S) groups is 1. The Hall–Kier alpha value is -0.650. The molecule has 0 aromatic carbocycles. The van der Waals surface area contributed by atoms with Gasteiger partial charge in [0.25, 0.3) is 0 Å². The Morgan fingerprint density at radius 3 is 2.50 bits per heavy atom. The molecule has 0 atom stereocenters. The Balaban J connectivity index is 1.88. The first kappa shape index (κ1) is 19.7. The molecular weight excluding hydrogens is 334 g/mol. The van der Waals surface area contributed by atoms with E-state index in [1.54, 1.807) is 0 Å². The van der Waals surface area contributed by atoms with Crippen molar-refractivity contribution in [3.8, 4) is 0 Å². The molecule has 1 aromatic rings. The van der Waals surface area contributed by atoms with E-state index in [1.807, 2.05) is 11.3 Å². The third kappa shape index (κ3) is 7.49. The lowest BCUT2D eigenvalue weighted by Gasteiger charge is -2.30. The van der Waals surface area contributed by atoms with E-state index in [4.69, 9.17) is 12.2 Å². The number of thiophene rings is 1. The third-order valence-corrected chi connectivity index (χ3v) is 5.92. The van der Waals surface area contributed by atoms with Gasteiger partial charge in [0.15, 0.2) is 5.11 Å². The smallest absolute Gasteiger partial charge is 0.169 e. The molecule has 0 radical (unpaired) electrons. The van der Waals surface area contributed by atoms with Gasteiger partial charge in [-0.15, -0.1) is 11.3 Å². The first-order valence-corrected chi connectivity index (χ1v) is 10.7. The monoisotopic (exact) mass is 367 g/mol. The molecule has 0 aliphatic heterocycles. The fourth-order valence-electron chi connectivity index (χ4n) is 3.29. The van der Waals surface area contributed by atoms with Gasteiger partial charge in [0.05, 0.1) is 6.54 Å². The van der Waals surface area contributed by atoms with Gasteiger partial charge in [-0.05, 0) is 63.6 Å². The van der Waals surface area contributed by atoms with Crippen molar-refractivity contribution in [2.24, 2.45) is 0 Å². The maximum atomic E-state index is 5.79. The van der Waals surface area contributed by atoms with E-state index in [2.05, 4.69) is 46.7 Å². The topological polar surface area (TPSA) is 18.5 Å². The Kier molecular flexibility index (Phi) is 9.07. The van der Waals surface area contributed by atoms with Crippen molar-refractivity contribution in [2.75, 3.05) is 27.2 Å². The Bertz CT molecular complexity index is 451. The van der Waals surface area contributed by atoms with Crippen LogP contribution in [0.1, 0.15) is 56.2 Å². The van der Waals surface area contributed by atoms with Crippen LogP contribution in [0.25, 0.3) is 0 Å². The van der Waals surface area contributed by atoms with E-state index in [-0.39, 0.29) is 0 Å². The van der Waals surface area contributed by atoms with Gasteiger partial charge < -0.3 is 15.1 Å². The SMILES string of the molecule is CN(C)CCCN(Cc1cccs1)C(=S)NC1CCCCCCC1. The molecule has 2 rings (SSSR count). The van der Waals surface area contributed by atoms with Crippen molar-refractivity contribution < 1.29 is 0 Å². The predicted octanol–water partition coefficient (Wildman–Crippen LogP) is 4.49. The number of hydrogen-bond acceptors (Lipinski definition) is 3. The summed E-state index contributed by atoms with van der Waals surface area (Å²) in [6.07, 6.45) is 10.5. The summed E-state index contributed by atoms with van der Waals surface area (Å²) in [5, 5.41) is 6.79. The van der Waals surface area contributed by atoms with Crippen LogP contribution >= 0.6 is 23.6 Å². The van der Waals surface area contributed by atoms with Gasteiger partial charge in [-0.3, -0.25) is 0 Å². The zero-order valence-electron chi connectivity index (χ0n) is 15.3. The first-order chi connectivity index (χ1) is 11.6. The van der Waals surface area contributed by atoms with Gasteiger partial charge in [-0.25, -0.2) is 0 Å². The zero-order valence-corrected chi connectivity index (χ0v) is 16.9. The van der Waals surface area contributed by atoms with Crippen molar-refractivity contribution in [1.29, 1.82) is 0 Å². The fourth-order valence-corrected chi connectivity index (χ4v) is 4.33. The maximum absolute atomic E-state index is 5.79. The maximum Gasteiger partial charge on any atom is 0.169 e. The number of hydrogen-bond donors (Lipinski definition) is 1. The Morgan fingerprint density at radius 1 is 1.17 bits per heavy atom. The highest BCUT2D eigenvalue weighted by molar-refractivity contribution is 7.80. The van der Waals surface area contributed by atoms with Crippen molar-refractivity contribution >= 4 is 28.7 Å². The van der Waals surface area contributed by atoms with Crippen LogP contribution in [0.2, 0.25) is 0 Å². The molecule has 0 spiro atoms. The summed E-state index contributed by atoms with van der Waals surface area (Å²) >= 11 is 7.61. The average molecular weight is 368 g/mol. The summed E-state index contributed by atoms with van der Waals surface area (Å²) < 4.78 is 0. The minimum atomic E-state index is 0.567. The van der Waals surface area contributed by atoms with Crippen molar-refractivity contribution in [3.63, 3.8) is 0 Å². The summed E-state index contributed by atoms with van der Waals surface area (Å²) in [4.78, 5) is 6.00. The van der Waals surface area contributed by atoms with Crippen LogP contribution in [-0.4, -0.2) is 48.1 Å². The normalized spacial score (nSPS) is 16.6. The van der Waals surface area contributed by atoms with Gasteiger partial charge in [0.1, 0.15) is 0 Å². The predicted molar refractivity (Wildman–Crippen MR) is 110 cm³/mol. The number of nitrogens with zero attached hydrogens (tertiary/aromatic N) is 2. The molecule has 1 aromatic heterocycles. The molecule has 1 fully saturated rings. The van der Waals surface area contributed by atoms with Crippen LogP contribution in [0.4, 0.5) is 0 Å². The molecule has 1 aliphatic carbocycles. The molecule has 3 nitrogen and oxygen atoms in total. The van der Waals surface area contributed by atoms with Crippen molar-refractivity contribution in [2.45, 2.75) is 64.0 Å². The zero-order chi connectivity index (χ0) is 17.2. The fraction of sp³-hybridized carbons (Fsp3) is 0.737. The number of rotatable bonds is 7. The molecule has 136 valence electrons. The summed E-state index contributed by atoms with van der Waals surface area (Å²) in [5.41, 5.74) is 0. The third-order valence-electron chi connectivity index (χ3n) is 4.68. The van der Waals surface area contributed by atoms with Gasteiger partial charge >= 0.3 is 0 Å². The summed E-state index contributed by atoms with van der Waals surface area (Å²) in [7, 11) is 4.27. The van der Waals surface area contributed by atoms with Crippen LogP contribution in [0.3, 0.4) is 0 Å². The Labute approximate surface area is 157 Å². The van der Waals surface area contributed by atoms with Gasteiger partial charge in [0, 0.05) is 17.5 Å². The lowest BCUT2D eigenvalue weighted by Crippen LogP contribution is -2.45. The Morgan fingerprint density at radius 2 is 1.88 bits per heavy atom. The van der Waals surface area contributed by atoms with Crippen molar-refractivity contribution in [1.82, 2.24) is 15.1 Å². The van der Waals surface area contributed by atoms with E-state index in [0.717, 1.165) is 31.2 Å². The minimum absolute atomic E-state index is 0.567. The van der Waals surface area contributed by atoms with Crippen LogP contribution < -0.4 is 5.32 Å². The molecule has 1 aliphatic rings. The number of nitrogens with one attached hydrogen (secondary N) is 1. The molecule has 1 saturated carbocycles. The lowest BCUT2D eigenvalue weighted by molar-refractivity contribution is 0.335. The minimum Gasteiger partial charge on any atom is -0.360 e. The van der Waals surface area contributed by atoms with Gasteiger partial charge in [-0.1, -0.05) is 38.2 Å². The molecule has 0 unspecified atom stereocenters. The highest BCUT2D eigenvalue weighted by Crippen LogP contribution is 2.18. The van der Waals surface area contributed by atoms with E-state index < -0.39 is 0 Å². The largest absolute Gasteiger partial charge is 0.360 e. The molecule has 24 heavy (non-hydrogen) atoms. The van der Waals surface area contributed by atoms with Crippen molar-refractivity contribution in [3.05, 3.63) is 22.4 Å². The lowest BCUT2D eigenvalue weighted by atomic mass is 9.97. The second kappa shape index (κ2) is 11.1. The highest BCUT2D eigenvalue weighted by atomic mass is 32.1. The van der Waals surface area contributed by atoms with Crippen LogP contribution in [0.15, 0.2) is 17.5 Å². The van der Waals surface area contributed by atoms with E-state index >= 15 is 0 Å². The van der Waals surface area contributed by atoms with Crippen LogP contribution in [0.5, 0.6) is 0 Å². The summed E-state index contributed by atoms with van der Waals surface area (Å²) in [5.74, 6) is 0. The first-order valence-electron chi connectivity index (χ1n) is 9.37. The molecule has 0 amide bonds. The second-order valence-electron chi connectivity index (χ2n) is 7.15. The summed E-state index contributed by atoms with van der Waals surface area (Å²) in [6.45, 7) is 3.06. The van der Waals surface area contributed by atoms with E-state index in [1.165, 1.54) is 49.8 Å². The second-order valence-corrected chi connectivity index (χ2v) is 8.57. The van der Waals surface area contributed by atoms with E-state index in [9.17, 15) is 0 Å². The molecule has 0 saturated heterocycles. The molecule has 1 N–H and O–H groups in total.